The van der Waals surface area contributed by atoms with Gasteiger partial charge in [-0.15, -0.1) is 0 Å². The molecule has 2 heterocycles. The van der Waals surface area contributed by atoms with E-state index in [1.165, 1.54) is 12.8 Å². The van der Waals surface area contributed by atoms with E-state index in [0.29, 0.717) is 23.2 Å². The van der Waals surface area contributed by atoms with Crippen LogP contribution in [0.4, 0.5) is 5.82 Å². The van der Waals surface area contributed by atoms with Crippen LogP contribution in [0.2, 0.25) is 0 Å². The van der Waals surface area contributed by atoms with E-state index in [2.05, 4.69) is 11.9 Å². The first-order chi connectivity index (χ1) is 14.9. The SMILES string of the molecule is CCCCCCCn1c(N)c(S(=O)(=O)c2ccc(C)cc2)c2nc3ccccc3nc21. The summed E-state index contributed by atoms with van der Waals surface area (Å²) < 4.78 is 29.0. The molecule has 0 fully saturated rings. The molecule has 0 aliphatic rings. The molecule has 7 heteroatoms. The van der Waals surface area contributed by atoms with E-state index >= 15 is 0 Å². The summed E-state index contributed by atoms with van der Waals surface area (Å²) in [5.74, 6) is 0.210. The van der Waals surface area contributed by atoms with Gasteiger partial charge in [0.15, 0.2) is 5.65 Å². The Morgan fingerprint density at radius 3 is 2.23 bits per heavy atom. The van der Waals surface area contributed by atoms with Crippen molar-refractivity contribution in [1.82, 2.24) is 14.5 Å². The molecule has 0 bridgehead atoms. The molecule has 0 spiro atoms. The molecule has 6 nitrogen and oxygen atoms in total. The normalized spacial score (nSPS) is 12.1. The zero-order chi connectivity index (χ0) is 22.0. The fourth-order valence-electron chi connectivity index (χ4n) is 3.89. The summed E-state index contributed by atoms with van der Waals surface area (Å²) >= 11 is 0. The lowest BCUT2D eigenvalue weighted by molar-refractivity contribution is 0.576. The minimum absolute atomic E-state index is 0.0539. The zero-order valence-electron chi connectivity index (χ0n) is 18.0. The molecule has 31 heavy (non-hydrogen) atoms. The molecule has 0 saturated carbocycles. The van der Waals surface area contributed by atoms with E-state index in [1.807, 2.05) is 35.8 Å². The van der Waals surface area contributed by atoms with Gasteiger partial charge in [-0.2, -0.15) is 0 Å². The lowest BCUT2D eigenvalue weighted by atomic mass is 10.1. The van der Waals surface area contributed by atoms with Gasteiger partial charge in [-0.05, 0) is 37.6 Å². The van der Waals surface area contributed by atoms with Gasteiger partial charge in [0, 0.05) is 6.54 Å². The predicted molar refractivity (Wildman–Crippen MR) is 125 cm³/mol. The zero-order valence-corrected chi connectivity index (χ0v) is 18.8. The molecule has 0 aliphatic heterocycles. The number of anilines is 1. The van der Waals surface area contributed by atoms with Gasteiger partial charge >= 0.3 is 0 Å². The summed E-state index contributed by atoms with van der Waals surface area (Å²) in [4.78, 5) is 9.70. The van der Waals surface area contributed by atoms with Crippen LogP contribution in [-0.4, -0.2) is 23.0 Å². The summed E-state index contributed by atoms with van der Waals surface area (Å²) in [6, 6.07) is 14.3. The van der Waals surface area contributed by atoms with Crippen LogP contribution < -0.4 is 5.73 Å². The van der Waals surface area contributed by atoms with Crippen LogP contribution >= 0.6 is 0 Å². The fraction of sp³-hybridized carbons (Fsp3) is 0.333. The number of fused-ring (bicyclic) bond motifs is 2. The first kappa shape index (κ1) is 21.3. The second-order valence-electron chi connectivity index (χ2n) is 7.98. The van der Waals surface area contributed by atoms with Crippen LogP contribution in [0.1, 0.15) is 44.6 Å². The topological polar surface area (TPSA) is 90.9 Å². The molecule has 0 aliphatic carbocycles. The molecule has 0 atom stereocenters. The second-order valence-corrected chi connectivity index (χ2v) is 9.87. The number of benzene rings is 2. The Hall–Kier alpha value is -2.93. The van der Waals surface area contributed by atoms with Crippen LogP contribution in [0.5, 0.6) is 0 Å². The maximum atomic E-state index is 13.6. The van der Waals surface area contributed by atoms with Crippen LogP contribution in [0.15, 0.2) is 58.3 Å². The number of nitrogens with two attached hydrogens (primary N) is 1. The highest BCUT2D eigenvalue weighted by molar-refractivity contribution is 7.92. The average molecular weight is 437 g/mol. The molecule has 2 aromatic heterocycles. The van der Waals surface area contributed by atoms with Crippen LogP contribution in [-0.2, 0) is 16.4 Å². The average Bonchev–Trinajstić information content (AvgIpc) is 3.03. The highest BCUT2D eigenvalue weighted by Gasteiger charge is 2.30. The minimum Gasteiger partial charge on any atom is -0.384 e. The first-order valence-electron chi connectivity index (χ1n) is 10.8. The van der Waals surface area contributed by atoms with Crippen molar-refractivity contribution in [3.05, 3.63) is 54.1 Å². The van der Waals surface area contributed by atoms with Crippen molar-refractivity contribution in [1.29, 1.82) is 0 Å². The molecule has 2 aromatic carbocycles. The number of hydrogen-bond acceptors (Lipinski definition) is 5. The number of nitrogen functional groups attached to an aromatic ring is 1. The quantitative estimate of drug-likeness (QED) is 0.380. The van der Waals surface area contributed by atoms with Gasteiger partial charge in [0.2, 0.25) is 9.84 Å². The Morgan fingerprint density at radius 2 is 1.55 bits per heavy atom. The maximum absolute atomic E-state index is 13.6. The van der Waals surface area contributed by atoms with Gasteiger partial charge in [0.25, 0.3) is 0 Å². The van der Waals surface area contributed by atoms with Crippen LogP contribution in [0, 0.1) is 6.92 Å². The summed E-state index contributed by atoms with van der Waals surface area (Å²) in [5.41, 5.74) is 9.70. The lowest BCUT2D eigenvalue weighted by Crippen LogP contribution is -2.08. The van der Waals surface area contributed by atoms with Crippen molar-refractivity contribution in [3.63, 3.8) is 0 Å². The Bertz CT molecular complexity index is 1330. The number of para-hydroxylation sites is 2. The predicted octanol–water partition coefficient (Wildman–Crippen LogP) is 5.28. The summed E-state index contributed by atoms with van der Waals surface area (Å²) in [6.45, 7) is 4.72. The lowest BCUT2D eigenvalue weighted by Gasteiger charge is -2.08. The molecule has 2 N–H and O–H groups in total. The number of unbranched alkanes of at least 4 members (excludes halogenated alkanes) is 4. The van der Waals surface area contributed by atoms with Crippen molar-refractivity contribution in [2.24, 2.45) is 0 Å². The third kappa shape index (κ3) is 4.02. The van der Waals surface area contributed by atoms with Crippen molar-refractivity contribution in [2.45, 2.75) is 62.3 Å². The number of sulfone groups is 1. The van der Waals surface area contributed by atoms with Crippen LogP contribution in [0.3, 0.4) is 0 Å². The van der Waals surface area contributed by atoms with E-state index in [4.69, 9.17) is 10.7 Å². The third-order valence-corrected chi connectivity index (χ3v) is 7.46. The molecular formula is C24H28N4O2S. The van der Waals surface area contributed by atoms with Gasteiger partial charge in [-0.25, -0.2) is 18.4 Å². The number of nitrogens with zero attached hydrogens (tertiary/aromatic N) is 3. The van der Waals surface area contributed by atoms with E-state index < -0.39 is 9.84 Å². The minimum atomic E-state index is -3.85. The van der Waals surface area contributed by atoms with Gasteiger partial charge < -0.3 is 10.3 Å². The van der Waals surface area contributed by atoms with Crippen molar-refractivity contribution in [3.8, 4) is 0 Å². The monoisotopic (exact) mass is 436 g/mol. The van der Waals surface area contributed by atoms with Gasteiger partial charge in [0.05, 0.1) is 15.9 Å². The Balaban J connectivity index is 1.88. The molecule has 0 unspecified atom stereocenters. The molecule has 0 amide bonds. The van der Waals surface area contributed by atoms with Crippen LogP contribution in [0.25, 0.3) is 22.2 Å². The number of aryl methyl sites for hydroxylation is 2. The molecule has 4 rings (SSSR count). The standard InChI is InChI=1S/C24H28N4O2S/c1-3-4-5-6-9-16-28-23(25)22(31(29,30)18-14-12-17(2)13-15-18)21-24(28)27-20-11-8-7-10-19(20)26-21/h7-8,10-15H,3-6,9,16,25H2,1-2H3. The van der Waals surface area contributed by atoms with E-state index in [1.54, 1.807) is 24.3 Å². The molecule has 162 valence electrons. The first-order valence-corrected chi connectivity index (χ1v) is 12.3. The summed E-state index contributed by atoms with van der Waals surface area (Å²) in [5, 5.41) is 0. The Morgan fingerprint density at radius 1 is 0.903 bits per heavy atom. The largest absolute Gasteiger partial charge is 0.384 e. The molecule has 4 aromatic rings. The fourth-order valence-corrected chi connectivity index (χ4v) is 5.40. The molecule has 0 saturated heterocycles. The maximum Gasteiger partial charge on any atom is 0.212 e. The van der Waals surface area contributed by atoms with E-state index in [9.17, 15) is 8.42 Å². The van der Waals surface area contributed by atoms with Crippen molar-refractivity contribution >= 4 is 37.9 Å². The molecular weight excluding hydrogens is 408 g/mol. The third-order valence-electron chi connectivity index (χ3n) is 5.63. The van der Waals surface area contributed by atoms with E-state index in [0.717, 1.165) is 30.3 Å². The van der Waals surface area contributed by atoms with Gasteiger partial charge in [-0.3, -0.25) is 0 Å². The second kappa shape index (κ2) is 8.67. The Kier molecular flexibility index (Phi) is 5.96. The number of aromatic nitrogens is 3. The van der Waals surface area contributed by atoms with E-state index in [-0.39, 0.29) is 15.6 Å². The smallest absolute Gasteiger partial charge is 0.212 e. The summed E-state index contributed by atoms with van der Waals surface area (Å²) in [6.07, 6.45) is 5.49. The Labute approximate surface area is 183 Å². The number of rotatable bonds is 8. The summed E-state index contributed by atoms with van der Waals surface area (Å²) in [7, 11) is -3.85. The highest BCUT2D eigenvalue weighted by atomic mass is 32.2. The van der Waals surface area contributed by atoms with Crippen molar-refractivity contribution in [2.75, 3.05) is 5.73 Å². The molecule has 0 radical (unpaired) electrons. The van der Waals surface area contributed by atoms with Crippen molar-refractivity contribution < 1.29 is 8.42 Å². The highest BCUT2D eigenvalue weighted by Crippen LogP contribution is 2.35. The number of hydrogen-bond donors (Lipinski definition) is 1. The van der Waals surface area contributed by atoms with Gasteiger partial charge in [-0.1, -0.05) is 62.4 Å². The van der Waals surface area contributed by atoms with Gasteiger partial charge in [0.1, 0.15) is 16.2 Å².